The average Bonchev–Trinajstić information content (AvgIpc) is 2.68. The molecule has 0 aliphatic carbocycles. The van der Waals surface area contributed by atoms with Crippen LogP contribution in [0.5, 0.6) is 5.75 Å². The summed E-state index contributed by atoms with van der Waals surface area (Å²) < 4.78 is 0. The molecule has 0 fully saturated rings. The minimum Gasteiger partial charge on any atom is -0.508 e. The molecule has 0 saturated heterocycles. The summed E-state index contributed by atoms with van der Waals surface area (Å²) >= 11 is 0. The van der Waals surface area contributed by atoms with E-state index < -0.39 is 0 Å². The van der Waals surface area contributed by atoms with Crippen molar-refractivity contribution in [3.8, 4) is 5.75 Å². The van der Waals surface area contributed by atoms with Crippen molar-refractivity contribution in [2.45, 2.75) is 19.3 Å². The molecule has 0 aliphatic rings. The lowest BCUT2D eigenvalue weighted by atomic mass is 9.90. The first-order chi connectivity index (χ1) is 12.8. The molecule has 5 aromatic rings. The van der Waals surface area contributed by atoms with Crippen LogP contribution in [0.3, 0.4) is 0 Å². The number of benzene rings is 5. The van der Waals surface area contributed by atoms with E-state index in [1.54, 1.807) is 12.1 Å². The molecule has 0 unspecified atom stereocenters. The van der Waals surface area contributed by atoms with E-state index in [0.29, 0.717) is 5.75 Å². The first kappa shape index (κ1) is 15.2. The van der Waals surface area contributed by atoms with Crippen LogP contribution in [0.15, 0.2) is 78.9 Å². The van der Waals surface area contributed by atoms with Gasteiger partial charge in [0.25, 0.3) is 0 Å². The second-order valence-corrected chi connectivity index (χ2v) is 7.10. The Morgan fingerprint density at radius 2 is 1.23 bits per heavy atom. The Morgan fingerprint density at radius 3 is 2.00 bits per heavy atom. The van der Waals surface area contributed by atoms with Gasteiger partial charge in [0.1, 0.15) is 5.75 Å². The van der Waals surface area contributed by atoms with Crippen molar-refractivity contribution in [2.75, 3.05) is 0 Å². The summed E-state index contributed by atoms with van der Waals surface area (Å²) in [6, 6.07) is 27.7. The average molecular weight is 336 g/mol. The van der Waals surface area contributed by atoms with Crippen LogP contribution in [0.25, 0.3) is 32.3 Å². The molecule has 0 amide bonds. The molecule has 0 saturated carbocycles. The Morgan fingerprint density at radius 1 is 0.577 bits per heavy atom. The third kappa shape index (κ3) is 2.48. The highest BCUT2D eigenvalue weighted by atomic mass is 16.3. The molecule has 0 aliphatic heterocycles. The fourth-order valence-corrected chi connectivity index (χ4v) is 4.16. The number of hydrogen-bond acceptors (Lipinski definition) is 1. The highest BCUT2D eigenvalue weighted by Crippen LogP contribution is 2.36. The normalized spacial score (nSPS) is 11.7. The zero-order valence-electron chi connectivity index (χ0n) is 14.6. The molecule has 1 N–H and O–H groups in total. The second-order valence-electron chi connectivity index (χ2n) is 7.10. The van der Waals surface area contributed by atoms with Gasteiger partial charge in [-0.3, -0.25) is 0 Å². The van der Waals surface area contributed by atoms with E-state index in [0.717, 1.165) is 19.3 Å². The Kier molecular flexibility index (Phi) is 3.53. The van der Waals surface area contributed by atoms with Gasteiger partial charge in [-0.05, 0) is 74.8 Å². The highest BCUT2D eigenvalue weighted by Gasteiger charge is 2.10. The van der Waals surface area contributed by atoms with Gasteiger partial charge in [0.2, 0.25) is 0 Å². The summed E-state index contributed by atoms with van der Waals surface area (Å²) in [7, 11) is 0. The SMILES string of the molecule is Oc1ccc(CCCc2ccc3ccc4cccc5ccc2c3c45)cc1. The van der Waals surface area contributed by atoms with E-state index in [1.165, 1.54) is 43.4 Å². The minimum absolute atomic E-state index is 0.334. The standard InChI is InChI=1S/C25H20O/c26-22-14-7-17(8-15-22)3-1-4-18-9-10-21-12-11-19-5-2-6-20-13-16-23(18)25(21)24(19)20/h2,5-16,26H,1,3-4H2. The first-order valence-corrected chi connectivity index (χ1v) is 9.23. The fraction of sp³-hybridized carbons (Fsp3) is 0.120. The molecule has 126 valence electrons. The zero-order valence-corrected chi connectivity index (χ0v) is 14.6. The van der Waals surface area contributed by atoms with Crippen LogP contribution in [0.1, 0.15) is 17.5 Å². The van der Waals surface area contributed by atoms with Gasteiger partial charge in [0.15, 0.2) is 0 Å². The number of hydrogen-bond donors (Lipinski definition) is 1. The molecule has 0 bridgehead atoms. The summed E-state index contributed by atoms with van der Waals surface area (Å²) in [6.07, 6.45) is 3.20. The van der Waals surface area contributed by atoms with E-state index in [9.17, 15) is 5.11 Å². The molecule has 0 spiro atoms. The molecule has 0 aromatic heterocycles. The maximum absolute atomic E-state index is 9.41. The van der Waals surface area contributed by atoms with E-state index >= 15 is 0 Å². The molecular weight excluding hydrogens is 316 g/mol. The van der Waals surface area contributed by atoms with E-state index in [-0.39, 0.29) is 0 Å². The molecule has 26 heavy (non-hydrogen) atoms. The molecule has 0 atom stereocenters. The zero-order chi connectivity index (χ0) is 17.5. The molecule has 5 aromatic carbocycles. The van der Waals surface area contributed by atoms with Crippen molar-refractivity contribution < 1.29 is 5.11 Å². The van der Waals surface area contributed by atoms with Crippen molar-refractivity contribution in [3.63, 3.8) is 0 Å². The molecule has 0 heterocycles. The quantitative estimate of drug-likeness (QED) is 0.373. The van der Waals surface area contributed by atoms with Gasteiger partial charge in [-0.2, -0.15) is 0 Å². The monoisotopic (exact) mass is 336 g/mol. The van der Waals surface area contributed by atoms with Gasteiger partial charge < -0.3 is 5.11 Å². The van der Waals surface area contributed by atoms with Gasteiger partial charge in [0.05, 0.1) is 0 Å². The number of aromatic hydroxyl groups is 1. The van der Waals surface area contributed by atoms with E-state index in [4.69, 9.17) is 0 Å². The van der Waals surface area contributed by atoms with Crippen LogP contribution < -0.4 is 0 Å². The minimum atomic E-state index is 0.334. The summed E-state index contributed by atoms with van der Waals surface area (Å²) in [5.74, 6) is 0.334. The van der Waals surface area contributed by atoms with Crippen molar-refractivity contribution in [1.29, 1.82) is 0 Å². The summed E-state index contributed by atoms with van der Waals surface area (Å²) in [5, 5.41) is 17.6. The molecule has 1 heteroatoms. The lowest BCUT2D eigenvalue weighted by Crippen LogP contribution is -1.93. The van der Waals surface area contributed by atoms with Crippen LogP contribution in [-0.2, 0) is 12.8 Å². The first-order valence-electron chi connectivity index (χ1n) is 9.23. The number of aryl methyl sites for hydroxylation is 2. The van der Waals surface area contributed by atoms with Gasteiger partial charge in [-0.25, -0.2) is 0 Å². The number of rotatable bonds is 4. The molecule has 0 radical (unpaired) electrons. The summed E-state index contributed by atoms with van der Waals surface area (Å²) in [5.41, 5.74) is 2.70. The predicted molar refractivity (Wildman–Crippen MR) is 110 cm³/mol. The van der Waals surface area contributed by atoms with Crippen molar-refractivity contribution in [1.82, 2.24) is 0 Å². The third-order valence-electron chi connectivity index (χ3n) is 5.47. The lowest BCUT2D eigenvalue weighted by Gasteiger charge is -2.14. The van der Waals surface area contributed by atoms with Crippen LogP contribution in [0.2, 0.25) is 0 Å². The van der Waals surface area contributed by atoms with E-state index in [2.05, 4.69) is 54.6 Å². The lowest BCUT2D eigenvalue weighted by molar-refractivity contribution is 0.475. The highest BCUT2D eigenvalue weighted by molar-refractivity contribution is 6.23. The van der Waals surface area contributed by atoms with Gasteiger partial charge >= 0.3 is 0 Å². The van der Waals surface area contributed by atoms with Gasteiger partial charge in [-0.15, -0.1) is 0 Å². The topological polar surface area (TPSA) is 20.2 Å². The van der Waals surface area contributed by atoms with Crippen LogP contribution in [0.4, 0.5) is 0 Å². The Hall–Kier alpha value is -3.06. The molecule has 1 nitrogen and oxygen atoms in total. The second kappa shape index (κ2) is 6.03. The van der Waals surface area contributed by atoms with Crippen molar-refractivity contribution in [3.05, 3.63) is 90.0 Å². The van der Waals surface area contributed by atoms with Gasteiger partial charge in [-0.1, -0.05) is 66.7 Å². The number of phenols is 1. The fourth-order valence-electron chi connectivity index (χ4n) is 4.16. The predicted octanol–water partition coefficient (Wildman–Crippen LogP) is 6.46. The van der Waals surface area contributed by atoms with Crippen LogP contribution in [0, 0.1) is 0 Å². The molecular formula is C25H20O. The van der Waals surface area contributed by atoms with Crippen LogP contribution in [-0.4, -0.2) is 5.11 Å². The van der Waals surface area contributed by atoms with Crippen LogP contribution >= 0.6 is 0 Å². The third-order valence-corrected chi connectivity index (χ3v) is 5.47. The van der Waals surface area contributed by atoms with Crippen molar-refractivity contribution >= 4 is 32.3 Å². The largest absolute Gasteiger partial charge is 0.508 e. The van der Waals surface area contributed by atoms with Gasteiger partial charge in [0, 0.05) is 0 Å². The Balaban J connectivity index is 1.52. The maximum atomic E-state index is 9.41. The summed E-state index contributed by atoms with van der Waals surface area (Å²) in [6.45, 7) is 0. The van der Waals surface area contributed by atoms with E-state index in [1.807, 2.05) is 12.1 Å². The summed E-state index contributed by atoms with van der Waals surface area (Å²) in [4.78, 5) is 0. The smallest absolute Gasteiger partial charge is 0.115 e. The Bertz CT molecular complexity index is 1190. The molecule has 5 rings (SSSR count). The maximum Gasteiger partial charge on any atom is 0.115 e. The number of phenolic OH excluding ortho intramolecular Hbond substituents is 1. The Labute approximate surface area is 152 Å². The van der Waals surface area contributed by atoms with Crippen molar-refractivity contribution in [2.24, 2.45) is 0 Å².